The summed E-state index contributed by atoms with van der Waals surface area (Å²) in [6.45, 7) is 4.35. The fraction of sp³-hybridized carbons (Fsp3) is 0.571. The van der Waals surface area contributed by atoms with Crippen molar-refractivity contribution in [1.29, 1.82) is 0 Å². The highest BCUT2D eigenvalue weighted by Crippen LogP contribution is 2.59. The fourth-order valence-corrected chi connectivity index (χ4v) is 3.10. The molecule has 100 valence electrons. The van der Waals surface area contributed by atoms with Crippen LogP contribution >= 0.6 is 15.9 Å². The highest BCUT2D eigenvalue weighted by atomic mass is 79.9. The van der Waals surface area contributed by atoms with Crippen molar-refractivity contribution in [3.8, 4) is 11.5 Å². The molecule has 1 aromatic rings. The summed E-state index contributed by atoms with van der Waals surface area (Å²) >= 11 is 3.46. The number of aliphatic hydroxyl groups excluding tert-OH is 1. The van der Waals surface area contributed by atoms with Crippen LogP contribution in [0.15, 0.2) is 16.6 Å². The number of methoxy groups -OCH3 is 2. The second-order valence-corrected chi connectivity index (χ2v) is 6.24. The lowest BCUT2D eigenvalue weighted by molar-refractivity contribution is 0.134. The average molecular weight is 315 g/mol. The van der Waals surface area contributed by atoms with Crippen molar-refractivity contribution >= 4 is 15.9 Å². The minimum absolute atomic E-state index is 0.219. The zero-order valence-corrected chi connectivity index (χ0v) is 12.7. The summed E-state index contributed by atoms with van der Waals surface area (Å²) in [6.07, 6.45) is 0.554. The van der Waals surface area contributed by atoms with E-state index < -0.39 is 6.10 Å². The molecule has 0 saturated heterocycles. The van der Waals surface area contributed by atoms with Gasteiger partial charge in [0.25, 0.3) is 0 Å². The summed E-state index contributed by atoms with van der Waals surface area (Å²) in [6, 6.07) is 3.72. The summed E-state index contributed by atoms with van der Waals surface area (Å²) in [4.78, 5) is 0. The van der Waals surface area contributed by atoms with Crippen LogP contribution in [0.3, 0.4) is 0 Å². The van der Waals surface area contributed by atoms with Crippen LogP contribution in [0.5, 0.6) is 11.5 Å². The summed E-state index contributed by atoms with van der Waals surface area (Å²) in [5.41, 5.74) is 1.04. The molecular formula is C14H19BrO3. The van der Waals surface area contributed by atoms with Gasteiger partial charge in [0, 0.05) is 5.56 Å². The minimum Gasteiger partial charge on any atom is -0.495 e. The first kappa shape index (κ1) is 13.7. The Morgan fingerprint density at radius 1 is 1.33 bits per heavy atom. The molecule has 3 nitrogen and oxygen atoms in total. The van der Waals surface area contributed by atoms with E-state index in [4.69, 9.17) is 9.47 Å². The third kappa shape index (κ3) is 2.24. The van der Waals surface area contributed by atoms with Crippen molar-refractivity contribution in [1.82, 2.24) is 0 Å². The number of halogens is 1. The molecule has 2 unspecified atom stereocenters. The first-order chi connectivity index (χ1) is 8.42. The normalized spacial score (nSPS) is 22.4. The third-order valence-electron chi connectivity index (χ3n) is 3.81. The Kier molecular flexibility index (Phi) is 3.60. The molecule has 1 fully saturated rings. The molecule has 18 heavy (non-hydrogen) atoms. The van der Waals surface area contributed by atoms with Crippen LogP contribution in [0, 0.1) is 11.3 Å². The molecule has 1 aromatic carbocycles. The van der Waals surface area contributed by atoms with Gasteiger partial charge in [0.15, 0.2) is 0 Å². The Hall–Kier alpha value is -0.740. The molecule has 1 aliphatic rings. The van der Waals surface area contributed by atoms with Gasteiger partial charge < -0.3 is 14.6 Å². The van der Waals surface area contributed by atoms with E-state index in [0.717, 1.165) is 16.5 Å². The molecule has 2 rings (SSSR count). The topological polar surface area (TPSA) is 38.7 Å². The van der Waals surface area contributed by atoms with E-state index in [1.54, 1.807) is 14.2 Å². The minimum atomic E-state index is -0.489. The predicted octanol–water partition coefficient (Wildman–Crippen LogP) is 3.55. The summed E-state index contributed by atoms with van der Waals surface area (Å²) < 4.78 is 11.4. The summed E-state index contributed by atoms with van der Waals surface area (Å²) in [5, 5.41) is 10.5. The largest absolute Gasteiger partial charge is 0.495 e. The highest BCUT2D eigenvalue weighted by molar-refractivity contribution is 9.10. The van der Waals surface area contributed by atoms with Crippen molar-refractivity contribution in [2.45, 2.75) is 26.4 Å². The maximum atomic E-state index is 10.5. The summed E-state index contributed by atoms with van der Waals surface area (Å²) in [5.74, 6) is 1.66. The van der Waals surface area contributed by atoms with Gasteiger partial charge in [-0.05, 0) is 45.8 Å². The molecule has 0 radical (unpaired) electrons. The van der Waals surface area contributed by atoms with Crippen LogP contribution in [0.25, 0.3) is 0 Å². The van der Waals surface area contributed by atoms with Gasteiger partial charge in [-0.15, -0.1) is 0 Å². The number of hydrogen-bond acceptors (Lipinski definition) is 3. The van der Waals surface area contributed by atoms with Crippen molar-refractivity contribution in [2.75, 3.05) is 14.2 Å². The molecule has 0 heterocycles. The standard InChI is InChI=1S/C14H19BrO3/c1-14(2)7-9(14)12(16)8-5-6-10(17-3)11(15)13(8)18-4/h5-6,9,12,16H,7H2,1-4H3. The predicted molar refractivity (Wildman–Crippen MR) is 74.1 cm³/mol. The first-order valence-electron chi connectivity index (χ1n) is 6.01. The summed E-state index contributed by atoms with van der Waals surface area (Å²) in [7, 11) is 3.22. The van der Waals surface area contributed by atoms with Gasteiger partial charge in [0.2, 0.25) is 0 Å². The molecule has 0 amide bonds. The second-order valence-electron chi connectivity index (χ2n) is 5.45. The number of ether oxygens (including phenoxy) is 2. The molecule has 1 aliphatic carbocycles. The van der Waals surface area contributed by atoms with E-state index in [9.17, 15) is 5.11 Å². The van der Waals surface area contributed by atoms with Crippen molar-refractivity contribution in [3.05, 3.63) is 22.2 Å². The van der Waals surface area contributed by atoms with Crippen molar-refractivity contribution in [3.63, 3.8) is 0 Å². The monoisotopic (exact) mass is 314 g/mol. The van der Waals surface area contributed by atoms with Gasteiger partial charge in [-0.2, -0.15) is 0 Å². The molecule has 2 atom stereocenters. The van der Waals surface area contributed by atoms with E-state index in [-0.39, 0.29) is 5.41 Å². The van der Waals surface area contributed by atoms with Crippen LogP contribution in [0.4, 0.5) is 0 Å². The van der Waals surface area contributed by atoms with E-state index in [0.29, 0.717) is 17.4 Å². The van der Waals surface area contributed by atoms with Gasteiger partial charge in [0.05, 0.1) is 20.3 Å². The van der Waals surface area contributed by atoms with E-state index in [1.807, 2.05) is 12.1 Å². The number of aliphatic hydroxyl groups is 1. The van der Waals surface area contributed by atoms with Crippen LogP contribution in [-0.2, 0) is 0 Å². The van der Waals surface area contributed by atoms with Gasteiger partial charge >= 0.3 is 0 Å². The Balaban J connectivity index is 2.36. The Morgan fingerprint density at radius 3 is 2.39 bits per heavy atom. The quantitative estimate of drug-likeness (QED) is 0.923. The number of benzene rings is 1. The fourth-order valence-electron chi connectivity index (χ4n) is 2.41. The molecule has 0 spiro atoms. The van der Waals surface area contributed by atoms with Gasteiger partial charge in [-0.3, -0.25) is 0 Å². The lowest BCUT2D eigenvalue weighted by Gasteiger charge is -2.18. The molecule has 0 aromatic heterocycles. The smallest absolute Gasteiger partial charge is 0.142 e. The lowest BCUT2D eigenvalue weighted by Crippen LogP contribution is -2.07. The van der Waals surface area contributed by atoms with E-state index in [1.165, 1.54) is 0 Å². The van der Waals surface area contributed by atoms with E-state index in [2.05, 4.69) is 29.8 Å². The van der Waals surface area contributed by atoms with Crippen LogP contribution in [-0.4, -0.2) is 19.3 Å². The van der Waals surface area contributed by atoms with Crippen molar-refractivity contribution in [2.24, 2.45) is 11.3 Å². The van der Waals surface area contributed by atoms with Gasteiger partial charge in [0.1, 0.15) is 16.0 Å². The van der Waals surface area contributed by atoms with Gasteiger partial charge in [-0.25, -0.2) is 0 Å². The Morgan fingerprint density at radius 2 is 1.94 bits per heavy atom. The molecule has 0 aliphatic heterocycles. The van der Waals surface area contributed by atoms with Crippen LogP contribution < -0.4 is 9.47 Å². The average Bonchev–Trinajstić information content (AvgIpc) is 2.97. The van der Waals surface area contributed by atoms with Crippen LogP contribution in [0.2, 0.25) is 0 Å². The number of rotatable bonds is 4. The third-order valence-corrected chi connectivity index (χ3v) is 4.56. The van der Waals surface area contributed by atoms with Crippen LogP contribution in [0.1, 0.15) is 31.9 Å². The molecule has 1 N–H and O–H groups in total. The Bertz CT molecular complexity index is 457. The lowest BCUT2D eigenvalue weighted by atomic mass is 9.99. The SMILES string of the molecule is COc1ccc(C(O)C2CC2(C)C)c(OC)c1Br. The molecular weight excluding hydrogens is 296 g/mol. The van der Waals surface area contributed by atoms with Crippen molar-refractivity contribution < 1.29 is 14.6 Å². The molecule has 4 heteroatoms. The molecule has 1 saturated carbocycles. The number of hydrogen-bond donors (Lipinski definition) is 1. The van der Waals surface area contributed by atoms with Gasteiger partial charge in [-0.1, -0.05) is 13.8 Å². The van der Waals surface area contributed by atoms with E-state index >= 15 is 0 Å². The molecule has 0 bridgehead atoms. The second kappa shape index (κ2) is 4.74. The highest BCUT2D eigenvalue weighted by Gasteiger charge is 2.50. The Labute approximate surface area is 116 Å². The maximum absolute atomic E-state index is 10.5. The zero-order valence-electron chi connectivity index (χ0n) is 11.2. The first-order valence-corrected chi connectivity index (χ1v) is 6.80. The maximum Gasteiger partial charge on any atom is 0.142 e. The zero-order chi connectivity index (χ0) is 13.5.